The fourth-order valence-corrected chi connectivity index (χ4v) is 4.05. The molecule has 0 bridgehead atoms. The van der Waals surface area contributed by atoms with Crippen molar-refractivity contribution >= 4 is 17.5 Å². The van der Waals surface area contributed by atoms with Crippen LogP contribution in [0.3, 0.4) is 0 Å². The SMILES string of the molecule is Cc1ccc(N2CC(C(=O)NC(C)c3cnn(-c4ccc(F)cc4)c3C)CC2=O)c(F)c1. The summed E-state index contributed by atoms with van der Waals surface area (Å²) < 4.78 is 29.2. The molecule has 32 heavy (non-hydrogen) atoms. The minimum absolute atomic E-state index is 0.0275. The highest BCUT2D eigenvalue weighted by atomic mass is 19.1. The first-order valence-electron chi connectivity index (χ1n) is 10.4. The highest BCUT2D eigenvalue weighted by molar-refractivity contribution is 6.00. The fraction of sp³-hybridized carbons (Fsp3) is 0.292. The molecule has 0 radical (unpaired) electrons. The molecule has 1 aliphatic rings. The van der Waals surface area contributed by atoms with Gasteiger partial charge in [0.05, 0.1) is 29.5 Å². The van der Waals surface area contributed by atoms with E-state index in [9.17, 15) is 18.4 Å². The highest BCUT2D eigenvalue weighted by Crippen LogP contribution is 2.29. The number of hydrogen-bond donors (Lipinski definition) is 1. The summed E-state index contributed by atoms with van der Waals surface area (Å²) in [5.41, 5.74) is 3.30. The van der Waals surface area contributed by atoms with Crippen LogP contribution < -0.4 is 10.2 Å². The second-order valence-corrected chi connectivity index (χ2v) is 8.16. The monoisotopic (exact) mass is 438 g/mol. The number of nitrogens with zero attached hydrogens (tertiary/aromatic N) is 3. The maximum Gasteiger partial charge on any atom is 0.227 e. The van der Waals surface area contributed by atoms with Gasteiger partial charge in [0.2, 0.25) is 11.8 Å². The number of carbonyl (C=O) groups excluding carboxylic acids is 2. The van der Waals surface area contributed by atoms with Crippen LogP contribution in [-0.2, 0) is 9.59 Å². The number of aromatic nitrogens is 2. The standard InChI is InChI=1S/C24H24F2N4O2/c1-14-4-9-22(21(26)10-14)29-13-17(11-23(29)31)24(32)28-15(2)20-12-27-30(16(20)3)19-7-5-18(25)6-8-19/h4-10,12,15,17H,11,13H2,1-3H3,(H,28,32). The van der Waals surface area contributed by atoms with E-state index in [0.29, 0.717) is 5.69 Å². The van der Waals surface area contributed by atoms with E-state index in [2.05, 4.69) is 10.4 Å². The quantitative estimate of drug-likeness (QED) is 0.655. The molecule has 2 unspecified atom stereocenters. The lowest BCUT2D eigenvalue weighted by Gasteiger charge is -2.19. The molecule has 1 fully saturated rings. The molecule has 2 aromatic carbocycles. The number of anilines is 1. The van der Waals surface area contributed by atoms with Crippen LogP contribution in [0.5, 0.6) is 0 Å². The minimum Gasteiger partial charge on any atom is -0.349 e. The summed E-state index contributed by atoms with van der Waals surface area (Å²) in [4.78, 5) is 26.7. The first-order valence-corrected chi connectivity index (χ1v) is 10.4. The zero-order valence-electron chi connectivity index (χ0n) is 18.1. The Hall–Kier alpha value is -3.55. The topological polar surface area (TPSA) is 67.2 Å². The molecule has 6 nitrogen and oxygen atoms in total. The third kappa shape index (κ3) is 4.12. The first kappa shape index (κ1) is 21.7. The summed E-state index contributed by atoms with van der Waals surface area (Å²) in [6.45, 7) is 5.61. The van der Waals surface area contributed by atoms with Gasteiger partial charge in [-0.15, -0.1) is 0 Å². The Morgan fingerprint density at radius 3 is 2.56 bits per heavy atom. The molecule has 3 aromatic rings. The van der Waals surface area contributed by atoms with Gasteiger partial charge in [-0.25, -0.2) is 13.5 Å². The Balaban J connectivity index is 1.45. The molecule has 0 aliphatic carbocycles. The van der Waals surface area contributed by atoms with Gasteiger partial charge in [-0.2, -0.15) is 5.10 Å². The van der Waals surface area contributed by atoms with Gasteiger partial charge in [0.1, 0.15) is 11.6 Å². The third-order valence-corrected chi connectivity index (χ3v) is 5.83. The number of carbonyl (C=O) groups is 2. The van der Waals surface area contributed by atoms with E-state index in [1.807, 2.05) is 13.8 Å². The highest BCUT2D eigenvalue weighted by Gasteiger charge is 2.36. The van der Waals surface area contributed by atoms with Gasteiger partial charge in [0.25, 0.3) is 0 Å². The molecule has 0 spiro atoms. The van der Waals surface area contributed by atoms with Crippen LogP contribution in [0.15, 0.2) is 48.7 Å². The molecule has 1 aliphatic heterocycles. The van der Waals surface area contributed by atoms with Crippen molar-refractivity contribution in [2.24, 2.45) is 5.92 Å². The van der Waals surface area contributed by atoms with Gasteiger partial charge < -0.3 is 10.2 Å². The number of benzene rings is 2. The number of amides is 2. The summed E-state index contributed by atoms with van der Waals surface area (Å²) in [6.07, 6.45) is 1.69. The first-order chi connectivity index (χ1) is 15.2. The zero-order valence-corrected chi connectivity index (χ0v) is 18.1. The number of halogens is 2. The van der Waals surface area contributed by atoms with Gasteiger partial charge in [0.15, 0.2) is 0 Å². The van der Waals surface area contributed by atoms with E-state index in [1.165, 1.54) is 23.1 Å². The molecule has 2 heterocycles. The number of rotatable bonds is 5. The Kier molecular flexibility index (Phi) is 5.78. The molecular weight excluding hydrogens is 414 g/mol. The van der Waals surface area contributed by atoms with E-state index in [-0.39, 0.29) is 42.3 Å². The predicted molar refractivity (Wildman–Crippen MR) is 116 cm³/mol. The normalized spacial score (nSPS) is 17.0. The van der Waals surface area contributed by atoms with Crippen molar-refractivity contribution in [2.45, 2.75) is 33.2 Å². The van der Waals surface area contributed by atoms with Crippen molar-refractivity contribution in [3.63, 3.8) is 0 Å². The van der Waals surface area contributed by atoms with Gasteiger partial charge in [-0.05, 0) is 62.7 Å². The molecule has 0 saturated carbocycles. The lowest BCUT2D eigenvalue weighted by molar-refractivity contribution is -0.126. The summed E-state index contributed by atoms with van der Waals surface area (Å²) in [5, 5.41) is 7.31. The summed E-state index contributed by atoms with van der Waals surface area (Å²) in [5.74, 6) is -1.92. The number of hydrogen-bond acceptors (Lipinski definition) is 3. The van der Waals surface area contributed by atoms with Crippen LogP contribution >= 0.6 is 0 Å². The van der Waals surface area contributed by atoms with Gasteiger partial charge in [-0.1, -0.05) is 6.07 Å². The Morgan fingerprint density at radius 1 is 1.16 bits per heavy atom. The van der Waals surface area contributed by atoms with Crippen molar-refractivity contribution in [3.05, 3.63) is 77.1 Å². The Bertz CT molecular complexity index is 1170. The number of nitrogens with one attached hydrogen (secondary N) is 1. The Labute approximate surface area is 184 Å². The van der Waals surface area contributed by atoms with E-state index in [0.717, 1.165) is 16.8 Å². The van der Waals surface area contributed by atoms with Gasteiger partial charge in [0, 0.05) is 24.2 Å². The van der Waals surface area contributed by atoms with Crippen LogP contribution in [0.2, 0.25) is 0 Å². The summed E-state index contributed by atoms with van der Waals surface area (Å²) in [7, 11) is 0. The fourth-order valence-electron chi connectivity index (χ4n) is 4.05. The van der Waals surface area contributed by atoms with E-state index < -0.39 is 11.7 Å². The van der Waals surface area contributed by atoms with Crippen LogP contribution in [0, 0.1) is 31.4 Å². The van der Waals surface area contributed by atoms with Crippen molar-refractivity contribution in [1.29, 1.82) is 0 Å². The maximum atomic E-state index is 14.3. The molecule has 2 amide bonds. The van der Waals surface area contributed by atoms with Crippen molar-refractivity contribution in [1.82, 2.24) is 15.1 Å². The zero-order chi connectivity index (χ0) is 23.0. The van der Waals surface area contributed by atoms with Crippen LogP contribution in [0.4, 0.5) is 14.5 Å². The molecule has 1 saturated heterocycles. The number of aryl methyl sites for hydroxylation is 1. The van der Waals surface area contributed by atoms with Crippen molar-refractivity contribution in [2.75, 3.05) is 11.4 Å². The Morgan fingerprint density at radius 2 is 1.88 bits per heavy atom. The maximum absolute atomic E-state index is 14.3. The molecule has 4 rings (SSSR count). The average Bonchev–Trinajstić information content (AvgIpc) is 3.32. The second-order valence-electron chi connectivity index (χ2n) is 8.16. The van der Waals surface area contributed by atoms with Gasteiger partial charge in [-0.3, -0.25) is 9.59 Å². The lowest BCUT2D eigenvalue weighted by Crippen LogP contribution is -2.34. The van der Waals surface area contributed by atoms with E-state index in [1.54, 1.807) is 42.1 Å². The smallest absolute Gasteiger partial charge is 0.227 e. The molecular formula is C24H24F2N4O2. The lowest BCUT2D eigenvalue weighted by atomic mass is 10.1. The predicted octanol–water partition coefficient (Wildman–Crippen LogP) is 4.00. The second kappa shape index (κ2) is 8.53. The van der Waals surface area contributed by atoms with E-state index >= 15 is 0 Å². The summed E-state index contributed by atoms with van der Waals surface area (Å²) in [6, 6.07) is 10.3. The van der Waals surface area contributed by atoms with E-state index in [4.69, 9.17) is 0 Å². The van der Waals surface area contributed by atoms with Crippen LogP contribution in [-0.4, -0.2) is 28.1 Å². The molecule has 8 heteroatoms. The van der Waals surface area contributed by atoms with Crippen molar-refractivity contribution in [3.8, 4) is 5.69 Å². The van der Waals surface area contributed by atoms with Crippen LogP contribution in [0.1, 0.15) is 36.2 Å². The van der Waals surface area contributed by atoms with Crippen molar-refractivity contribution < 1.29 is 18.4 Å². The average molecular weight is 438 g/mol. The third-order valence-electron chi connectivity index (χ3n) is 5.83. The van der Waals surface area contributed by atoms with Crippen LogP contribution in [0.25, 0.3) is 5.69 Å². The largest absolute Gasteiger partial charge is 0.349 e. The molecule has 1 aromatic heterocycles. The molecule has 166 valence electrons. The minimum atomic E-state index is -0.571. The summed E-state index contributed by atoms with van der Waals surface area (Å²) >= 11 is 0. The molecule has 2 atom stereocenters. The molecule has 1 N–H and O–H groups in total. The van der Waals surface area contributed by atoms with Gasteiger partial charge >= 0.3 is 0 Å².